The Hall–Kier alpha value is -0.910. The summed E-state index contributed by atoms with van der Waals surface area (Å²) in [7, 11) is 0. The second-order valence-corrected chi connectivity index (χ2v) is 6.48. The molecule has 1 atom stereocenters. The minimum absolute atomic E-state index is 0.312. The van der Waals surface area contributed by atoms with Gasteiger partial charge in [0, 0.05) is 27.8 Å². The van der Waals surface area contributed by atoms with Crippen molar-refractivity contribution in [2.75, 3.05) is 6.54 Å². The molecule has 106 valence electrons. The van der Waals surface area contributed by atoms with E-state index in [1.165, 1.54) is 10.5 Å². The van der Waals surface area contributed by atoms with Gasteiger partial charge in [-0.3, -0.25) is 4.98 Å². The SMILES string of the molecule is CCCNC(C)c1cc(Br)ccc1Sc1cnccn1. The first-order valence-electron chi connectivity index (χ1n) is 6.67. The first kappa shape index (κ1) is 15.5. The molecule has 1 heterocycles. The number of hydrogen-bond acceptors (Lipinski definition) is 4. The van der Waals surface area contributed by atoms with E-state index >= 15 is 0 Å². The van der Waals surface area contributed by atoms with Crippen molar-refractivity contribution in [3.63, 3.8) is 0 Å². The summed E-state index contributed by atoms with van der Waals surface area (Å²) in [6.45, 7) is 5.39. The van der Waals surface area contributed by atoms with Gasteiger partial charge in [-0.25, -0.2) is 4.98 Å². The van der Waals surface area contributed by atoms with Crippen molar-refractivity contribution in [1.29, 1.82) is 0 Å². The zero-order valence-electron chi connectivity index (χ0n) is 11.6. The molecule has 0 saturated carbocycles. The lowest BCUT2D eigenvalue weighted by Gasteiger charge is -2.17. The van der Waals surface area contributed by atoms with Crippen LogP contribution in [0.1, 0.15) is 31.9 Å². The fourth-order valence-corrected chi connectivity index (χ4v) is 3.19. The van der Waals surface area contributed by atoms with Crippen molar-refractivity contribution in [1.82, 2.24) is 15.3 Å². The molecule has 0 radical (unpaired) electrons. The van der Waals surface area contributed by atoms with E-state index in [0.717, 1.165) is 22.5 Å². The molecule has 0 bridgehead atoms. The van der Waals surface area contributed by atoms with Crippen LogP contribution in [0.4, 0.5) is 0 Å². The van der Waals surface area contributed by atoms with E-state index in [1.807, 2.05) is 0 Å². The summed E-state index contributed by atoms with van der Waals surface area (Å²) in [5, 5.41) is 4.45. The fourth-order valence-electron chi connectivity index (χ4n) is 1.87. The first-order valence-corrected chi connectivity index (χ1v) is 8.28. The first-order chi connectivity index (χ1) is 9.70. The molecule has 0 aliphatic rings. The summed E-state index contributed by atoms with van der Waals surface area (Å²) in [5.74, 6) is 0. The van der Waals surface area contributed by atoms with Gasteiger partial charge in [-0.1, -0.05) is 34.6 Å². The third kappa shape index (κ3) is 4.30. The van der Waals surface area contributed by atoms with Gasteiger partial charge in [0.2, 0.25) is 0 Å². The molecule has 0 fully saturated rings. The summed E-state index contributed by atoms with van der Waals surface area (Å²) >= 11 is 5.20. The van der Waals surface area contributed by atoms with Crippen LogP contribution in [0.15, 0.2) is 51.2 Å². The Bertz CT molecular complexity index is 548. The maximum atomic E-state index is 4.33. The smallest absolute Gasteiger partial charge is 0.119 e. The number of halogens is 1. The van der Waals surface area contributed by atoms with Gasteiger partial charge in [-0.15, -0.1) is 0 Å². The molecule has 2 rings (SSSR count). The molecule has 0 amide bonds. The molecule has 1 aromatic heterocycles. The number of rotatable bonds is 6. The number of nitrogens with one attached hydrogen (secondary N) is 1. The zero-order valence-corrected chi connectivity index (χ0v) is 14.0. The van der Waals surface area contributed by atoms with Gasteiger partial charge >= 0.3 is 0 Å². The highest BCUT2D eigenvalue weighted by Gasteiger charge is 2.12. The van der Waals surface area contributed by atoms with Crippen LogP contribution in [-0.2, 0) is 0 Å². The number of benzene rings is 1. The monoisotopic (exact) mass is 351 g/mol. The number of hydrogen-bond donors (Lipinski definition) is 1. The van der Waals surface area contributed by atoms with E-state index in [-0.39, 0.29) is 0 Å². The predicted molar refractivity (Wildman–Crippen MR) is 87.0 cm³/mol. The average molecular weight is 352 g/mol. The van der Waals surface area contributed by atoms with Crippen LogP contribution < -0.4 is 5.32 Å². The van der Waals surface area contributed by atoms with Crippen molar-refractivity contribution in [3.8, 4) is 0 Å². The van der Waals surface area contributed by atoms with E-state index in [4.69, 9.17) is 0 Å². The highest BCUT2D eigenvalue weighted by Crippen LogP contribution is 2.33. The van der Waals surface area contributed by atoms with Crippen molar-refractivity contribution in [2.24, 2.45) is 0 Å². The van der Waals surface area contributed by atoms with Crippen molar-refractivity contribution >= 4 is 27.7 Å². The third-order valence-electron chi connectivity index (χ3n) is 2.89. The van der Waals surface area contributed by atoms with Gasteiger partial charge in [-0.05, 0) is 43.7 Å². The van der Waals surface area contributed by atoms with Gasteiger partial charge in [0.15, 0.2) is 0 Å². The maximum Gasteiger partial charge on any atom is 0.119 e. The normalized spacial score (nSPS) is 12.3. The molecule has 0 aliphatic carbocycles. The lowest BCUT2D eigenvalue weighted by atomic mass is 10.1. The van der Waals surface area contributed by atoms with E-state index in [1.54, 1.807) is 30.4 Å². The van der Waals surface area contributed by atoms with E-state index in [2.05, 4.69) is 63.3 Å². The van der Waals surface area contributed by atoms with Gasteiger partial charge in [0.25, 0.3) is 0 Å². The molecule has 0 spiro atoms. The summed E-state index contributed by atoms with van der Waals surface area (Å²) in [6, 6.07) is 6.68. The molecular formula is C15H18BrN3S. The van der Waals surface area contributed by atoms with Gasteiger partial charge in [-0.2, -0.15) is 0 Å². The van der Waals surface area contributed by atoms with Crippen LogP contribution in [0.3, 0.4) is 0 Å². The lowest BCUT2D eigenvalue weighted by Crippen LogP contribution is -2.19. The topological polar surface area (TPSA) is 37.8 Å². The Morgan fingerprint density at radius 2 is 2.20 bits per heavy atom. The van der Waals surface area contributed by atoms with Gasteiger partial charge in [0.05, 0.1) is 6.20 Å². The minimum atomic E-state index is 0.312. The Kier molecular flexibility index (Phi) is 6.01. The summed E-state index contributed by atoms with van der Waals surface area (Å²) in [6.07, 6.45) is 6.34. The molecule has 3 nitrogen and oxygen atoms in total. The van der Waals surface area contributed by atoms with Crippen molar-refractivity contribution in [3.05, 3.63) is 46.8 Å². The summed E-state index contributed by atoms with van der Waals surface area (Å²) in [5.41, 5.74) is 1.28. The number of aromatic nitrogens is 2. The molecule has 0 saturated heterocycles. The Labute approximate surface area is 132 Å². The van der Waals surface area contributed by atoms with Crippen LogP contribution in [0.5, 0.6) is 0 Å². The standard InChI is InChI=1S/C15H18BrN3S/c1-3-6-18-11(2)13-9-12(16)4-5-14(13)20-15-10-17-7-8-19-15/h4-5,7-11,18H,3,6H2,1-2H3. The highest BCUT2D eigenvalue weighted by molar-refractivity contribution is 9.10. The van der Waals surface area contributed by atoms with Crippen LogP contribution >= 0.6 is 27.7 Å². The molecule has 20 heavy (non-hydrogen) atoms. The second kappa shape index (κ2) is 7.76. The van der Waals surface area contributed by atoms with E-state index in [9.17, 15) is 0 Å². The van der Waals surface area contributed by atoms with Crippen LogP contribution in [0.25, 0.3) is 0 Å². The van der Waals surface area contributed by atoms with Crippen LogP contribution in [0, 0.1) is 0 Å². The molecule has 0 aliphatic heterocycles. The van der Waals surface area contributed by atoms with E-state index < -0.39 is 0 Å². The molecule has 5 heteroatoms. The molecule has 2 aromatic rings. The molecule has 1 aromatic carbocycles. The summed E-state index contributed by atoms with van der Waals surface area (Å²) in [4.78, 5) is 9.65. The van der Waals surface area contributed by atoms with Gasteiger partial charge < -0.3 is 5.32 Å². The van der Waals surface area contributed by atoms with E-state index in [0.29, 0.717) is 6.04 Å². The molecule has 1 N–H and O–H groups in total. The quantitative estimate of drug-likeness (QED) is 0.834. The summed E-state index contributed by atoms with van der Waals surface area (Å²) < 4.78 is 1.10. The van der Waals surface area contributed by atoms with Crippen LogP contribution in [-0.4, -0.2) is 16.5 Å². The predicted octanol–water partition coefficient (Wildman–Crippen LogP) is 4.45. The lowest BCUT2D eigenvalue weighted by molar-refractivity contribution is 0.563. The number of nitrogens with zero attached hydrogens (tertiary/aromatic N) is 2. The van der Waals surface area contributed by atoms with Crippen LogP contribution in [0.2, 0.25) is 0 Å². The fraction of sp³-hybridized carbons (Fsp3) is 0.333. The zero-order chi connectivity index (χ0) is 14.4. The Morgan fingerprint density at radius 1 is 1.35 bits per heavy atom. The van der Waals surface area contributed by atoms with Gasteiger partial charge in [0.1, 0.15) is 5.03 Å². The minimum Gasteiger partial charge on any atom is -0.310 e. The average Bonchev–Trinajstić information content (AvgIpc) is 2.47. The third-order valence-corrected chi connectivity index (χ3v) is 4.40. The Balaban J connectivity index is 2.23. The Morgan fingerprint density at radius 3 is 2.90 bits per heavy atom. The van der Waals surface area contributed by atoms with Crippen molar-refractivity contribution in [2.45, 2.75) is 36.2 Å². The maximum absolute atomic E-state index is 4.33. The molecule has 1 unspecified atom stereocenters. The second-order valence-electron chi connectivity index (χ2n) is 4.50. The van der Waals surface area contributed by atoms with Crippen molar-refractivity contribution < 1.29 is 0 Å². The largest absolute Gasteiger partial charge is 0.310 e. The molecular weight excluding hydrogens is 334 g/mol. The highest BCUT2D eigenvalue weighted by atomic mass is 79.9.